The zero-order valence-corrected chi connectivity index (χ0v) is 12.6. The molecule has 7 nitrogen and oxygen atoms in total. The zero-order valence-electron chi connectivity index (χ0n) is 12.6. The molecule has 0 aliphatic heterocycles. The van der Waals surface area contributed by atoms with Crippen molar-refractivity contribution >= 4 is 17.9 Å². The van der Waals surface area contributed by atoms with E-state index >= 15 is 0 Å². The zero-order chi connectivity index (χ0) is 15.9. The number of nitrogens with zero attached hydrogens (tertiary/aromatic N) is 3. The second kappa shape index (κ2) is 7.26. The van der Waals surface area contributed by atoms with Gasteiger partial charge in [-0.05, 0) is 19.4 Å². The third kappa shape index (κ3) is 4.34. The minimum absolute atomic E-state index is 0.301. The van der Waals surface area contributed by atoms with Gasteiger partial charge in [0.05, 0.1) is 13.2 Å². The highest BCUT2D eigenvalue weighted by Gasteiger charge is 2.08. The topological polar surface area (TPSA) is 95.1 Å². The van der Waals surface area contributed by atoms with Crippen LogP contribution in [-0.2, 0) is 16.1 Å². The minimum atomic E-state index is -0.413. The van der Waals surface area contributed by atoms with Gasteiger partial charge in [0.1, 0.15) is 0 Å². The highest BCUT2D eigenvalue weighted by molar-refractivity contribution is 5.83. The van der Waals surface area contributed by atoms with E-state index in [-0.39, 0.29) is 0 Å². The van der Waals surface area contributed by atoms with Crippen molar-refractivity contribution in [1.82, 2.24) is 14.8 Å². The first kappa shape index (κ1) is 15.6. The number of hydrogen-bond acceptors (Lipinski definition) is 6. The van der Waals surface area contributed by atoms with E-state index in [0.717, 1.165) is 5.56 Å². The van der Waals surface area contributed by atoms with E-state index in [1.807, 2.05) is 30.3 Å². The Balaban J connectivity index is 2.05. The van der Waals surface area contributed by atoms with E-state index in [9.17, 15) is 4.79 Å². The molecule has 22 heavy (non-hydrogen) atoms. The molecule has 0 aliphatic rings. The molecule has 2 rings (SSSR count). The first-order valence-corrected chi connectivity index (χ1v) is 6.94. The molecule has 0 saturated carbocycles. The van der Waals surface area contributed by atoms with Crippen molar-refractivity contribution in [3.05, 3.63) is 47.7 Å². The molecule has 3 N–H and O–H groups in total. The van der Waals surface area contributed by atoms with Crippen molar-refractivity contribution in [2.45, 2.75) is 20.4 Å². The van der Waals surface area contributed by atoms with Gasteiger partial charge in [0.25, 0.3) is 0 Å². The summed E-state index contributed by atoms with van der Waals surface area (Å²) in [7, 11) is 0. The van der Waals surface area contributed by atoms with Crippen molar-refractivity contribution < 1.29 is 9.53 Å². The fourth-order valence-electron chi connectivity index (χ4n) is 1.85. The van der Waals surface area contributed by atoms with Crippen LogP contribution in [0.25, 0.3) is 0 Å². The highest BCUT2D eigenvalue weighted by atomic mass is 16.5. The SMILES string of the molecule is CCOC(=O)/C=C(\C)Nc1nc(N)n(Cc2ccccc2)n1. The molecule has 0 fully saturated rings. The third-order valence-electron chi connectivity index (χ3n) is 2.81. The number of rotatable bonds is 6. The second-order valence-corrected chi connectivity index (χ2v) is 4.64. The molecule has 1 aromatic heterocycles. The molecule has 7 heteroatoms. The van der Waals surface area contributed by atoms with E-state index in [4.69, 9.17) is 10.5 Å². The van der Waals surface area contributed by atoms with Crippen LogP contribution in [0.15, 0.2) is 42.1 Å². The number of hydrogen-bond donors (Lipinski definition) is 2. The average Bonchev–Trinajstić information content (AvgIpc) is 2.79. The fraction of sp³-hybridized carbons (Fsp3) is 0.267. The van der Waals surface area contributed by atoms with Crippen molar-refractivity contribution in [2.75, 3.05) is 17.7 Å². The molecule has 0 unspecified atom stereocenters. The molecule has 0 saturated heterocycles. The molecule has 0 bridgehead atoms. The molecule has 116 valence electrons. The van der Waals surface area contributed by atoms with Crippen LogP contribution < -0.4 is 11.1 Å². The predicted molar refractivity (Wildman–Crippen MR) is 84.0 cm³/mol. The Bertz CT molecular complexity index is 664. The second-order valence-electron chi connectivity index (χ2n) is 4.64. The molecule has 0 atom stereocenters. The largest absolute Gasteiger partial charge is 0.463 e. The molecule has 1 heterocycles. The van der Waals surface area contributed by atoms with Crippen molar-refractivity contribution in [2.24, 2.45) is 0 Å². The Morgan fingerprint density at radius 2 is 2.14 bits per heavy atom. The monoisotopic (exact) mass is 301 g/mol. The van der Waals surface area contributed by atoms with E-state index in [2.05, 4.69) is 15.4 Å². The number of allylic oxidation sites excluding steroid dienone is 1. The number of carbonyl (C=O) groups excluding carboxylic acids is 1. The summed E-state index contributed by atoms with van der Waals surface area (Å²) in [6.07, 6.45) is 1.34. The van der Waals surface area contributed by atoms with Gasteiger partial charge in [0.2, 0.25) is 11.9 Å². The minimum Gasteiger partial charge on any atom is -0.463 e. The lowest BCUT2D eigenvalue weighted by Gasteiger charge is -2.03. The van der Waals surface area contributed by atoms with Crippen LogP contribution in [0.2, 0.25) is 0 Å². The molecule has 0 spiro atoms. The first-order chi connectivity index (χ1) is 10.6. The normalized spacial score (nSPS) is 11.3. The van der Waals surface area contributed by atoms with Crippen LogP contribution in [0.5, 0.6) is 0 Å². The van der Waals surface area contributed by atoms with Crippen LogP contribution in [-0.4, -0.2) is 27.3 Å². The number of benzene rings is 1. The molecular weight excluding hydrogens is 282 g/mol. The Labute approximate surface area is 128 Å². The van der Waals surface area contributed by atoms with E-state index < -0.39 is 5.97 Å². The van der Waals surface area contributed by atoms with Gasteiger partial charge < -0.3 is 15.8 Å². The number of esters is 1. The first-order valence-electron chi connectivity index (χ1n) is 6.94. The lowest BCUT2D eigenvalue weighted by atomic mass is 10.2. The summed E-state index contributed by atoms with van der Waals surface area (Å²) in [6.45, 7) is 4.34. The maximum Gasteiger partial charge on any atom is 0.332 e. The van der Waals surface area contributed by atoms with Crippen LogP contribution in [0.1, 0.15) is 19.4 Å². The van der Waals surface area contributed by atoms with Crippen LogP contribution >= 0.6 is 0 Å². The van der Waals surface area contributed by atoms with Crippen molar-refractivity contribution in [3.63, 3.8) is 0 Å². The van der Waals surface area contributed by atoms with Gasteiger partial charge in [-0.3, -0.25) is 0 Å². The molecular formula is C15H19N5O2. The van der Waals surface area contributed by atoms with Gasteiger partial charge in [-0.2, -0.15) is 4.98 Å². The summed E-state index contributed by atoms with van der Waals surface area (Å²) in [5.41, 5.74) is 7.50. The number of nitrogens with one attached hydrogen (secondary N) is 1. The van der Waals surface area contributed by atoms with Gasteiger partial charge in [0, 0.05) is 11.8 Å². The summed E-state index contributed by atoms with van der Waals surface area (Å²) in [5, 5.41) is 7.19. The summed E-state index contributed by atoms with van der Waals surface area (Å²) in [6, 6.07) is 9.83. The fourth-order valence-corrected chi connectivity index (χ4v) is 1.85. The number of ether oxygens (including phenoxy) is 1. The van der Waals surface area contributed by atoms with Gasteiger partial charge in [-0.15, -0.1) is 5.10 Å². The standard InChI is InChI=1S/C15H19N5O2/c1-3-22-13(21)9-11(2)17-15-18-14(16)20(19-15)10-12-7-5-4-6-8-12/h4-9H,3,10H2,1-2H3,(H3,16,17,18,19)/b11-9+. The molecule has 2 aromatic rings. The van der Waals surface area contributed by atoms with Crippen molar-refractivity contribution in [3.8, 4) is 0 Å². The molecule has 1 aromatic carbocycles. The van der Waals surface area contributed by atoms with Gasteiger partial charge >= 0.3 is 5.97 Å². The van der Waals surface area contributed by atoms with E-state index in [1.54, 1.807) is 18.5 Å². The van der Waals surface area contributed by atoms with Crippen LogP contribution in [0, 0.1) is 0 Å². The summed E-state index contributed by atoms with van der Waals surface area (Å²) in [4.78, 5) is 15.5. The number of anilines is 2. The van der Waals surface area contributed by atoms with E-state index in [0.29, 0.717) is 30.7 Å². The summed E-state index contributed by atoms with van der Waals surface area (Å²) < 4.78 is 6.42. The quantitative estimate of drug-likeness (QED) is 0.624. The molecule has 0 amide bonds. The number of aromatic nitrogens is 3. The lowest BCUT2D eigenvalue weighted by molar-refractivity contribution is -0.137. The van der Waals surface area contributed by atoms with Gasteiger partial charge in [-0.25, -0.2) is 9.48 Å². The number of carbonyl (C=O) groups is 1. The Morgan fingerprint density at radius 1 is 1.41 bits per heavy atom. The Morgan fingerprint density at radius 3 is 2.82 bits per heavy atom. The number of nitrogen functional groups attached to an aromatic ring is 1. The van der Waals surface area contributed by atoms with Gasteiger partial charge in [-0.1, -0.05) is 30.3 Å². The Hall–Kier alpha value is -2.83. The third-order valence-corrected chi connectivity index (χ3v) is 2.81. The Kier molecular flexibility index (Phi) is 5.13. The smallest absolute Gasteiger partial charge is 0.332 e. The van der Waals surface area contributed by atoms with E-state index in [1.165, 1.54) is 6.08 Å². The lowest BCUT2D eigenvalue weighted by Crippen LogP contribution is -2.07. The average molecular weight is 301 g/mol. The summed E-state index contributed by atoms with van der Waals surface area (Å²) >= 11 is 0. The molecule has 0 aliphatic carbocycles. The van der Waals surface area contributed by atoms with Gasteiger partial charge in [0.15, 0.2) is 0 Å². The predicted octanol–water partition coefficient (Wildman–Crippen LogP) is 1.79. The van der Waals surface area contributed by atoms with Crippen LogP contribution in [0.3, 0.4) is 0 Å². The maximum atomic E-state index is 11.3. The highest BCUT2D eigenvalue weighted by Crippen LogP contribution is 2.10. The maximum absolute atomic E-state index is 11.3. The summed E-state index contributed by atoms with van der Waals surface area (Å²) in [5.74, 6) is 0.228. The van der Waals surface area contributed by atoms with Crippen LogP contribution in [0.4, 0.5) is 11.9 Å². The van der Waals surface area contributed by atoms with Crippen molar-refractivity contribution in [1.29, 1.82) is 0 Å². The number of nitrogens with two attached hydrogens (primary N) is 1. The molecule has 0 radical (unpaired) electrons.